The van der Waals surface area contributed by atoms with E-state index in [1.165, 1.54) is 0 Å². The van der Waals surface area contributed by atoms with Gasteiger partial charge in [-0.25, -0.2) is 4.79 Å². The molecule has 0 radical (unpaired) electrons. The first-order valence-corrected chi connectivity index (χ1v) is 7.84. The zero-order valence-corrected chi connectivity index (χ0v) is 14.1. The van der Waals surface area contributed by atoms with Crippen molar-refractivity contribution in [3.05, 3.63) is 11.7 Å². The van der Waals surface area contributed by atoms with Crippen molar-refractivity contribution in [1.82, 2.24) is 19.9 Å². The largest absolute Gasteiger partial charge is 0.444 e. The molecule has 1 aromatic heterocycles. The Balaban J connectivity index is 1.87. The van der Waals surface area contributed by atoms with Crippen LogP contribution in [0.4, 0.5) is 4.79 Å². The summed E-state index contributed by atoms with van der Waals surface area (Å²) in [5.41, 5.74) is -0.457. The number of hydrogen-bond acceptors (Lipinski definition) is 6. The molecule has 1 unspecified atom stereocenters. The van der Waals surface area contributed by atoms with E-state index < -0.39 is 5.60 Å². The van der Waals surface area contributed by atoms with E-state index >= 15 is 0 Å². The second-order valence-corrected chi connectivity index (χ2v) is 6.58. The minimum atomic E-state index is -0.457. The molecule has 0 bridgehead atoms. The fraction of sp³-hybridized carbons (Fsp3) is 0.800. The van der Waals surface area contributed by atoms with Gasteiger partial charge in [-0.2, -0.15) is 4.98 Å². The zero-order valence-electron chi connectivity index (χ0n) is 14.1. The van der Waals surface area contributed by atoms with Gasteiger partial charge in [-0.15, -0.1) is 0 Å². The van der Waals surface area contributed by atoms with Gasteiger partial charge in [0.05, 0.1) is 6.04 Å². The van der Waals surface area contributed by atoms with Crippen LogP contribution in [-0.4, -0.2) is 57.8 Å². The second-order valence-electron chi connectivity index (χ2n) is 6.58. The SMILES string of the molecule is CCc1noc(C(C)N2CCN(C(=O)OC(C)(C)C)CC2)n1. The minimum Gasteiger partial charge on any atom is -0.444 e. The first kappa shape index (κ1) is 16.7. The molecule has 0 spiro atoms. The number of amides is 1. The smallest absolute Gasteiger partial charge is 0.410 e. The van der Waals surface area contributed by atoms with Gasteiger partial charge >= 0.3 is 6.09 Å². The van der Waals surface area contributed by atoms with Gasteiger partial charge in [-0.05, 0) is 27.7 Å². The summed E-state index contributed by atoms with van der Waals surface area (Å²) in [6.45, 7) is 12.5. The Morgan fingerprint density at radius 2 is 1.95 bits per heavy atom. The lowest BCUT2D eigenvalue weighted by atomic mass is 10.2. The molecule has 124 valence electrons. The van der Waals surface area contributed by atoms with E-state index in [2.05, 4.69) is 22.0 Å². The van der Waals surface area contributed by atoms with Crippen LogP contribution in [0, 0.1) is 0 Å². The molecule has 1 aromatic rings. The van der Waals surface area contributed by atoms with E-state index in [1.807, 2.05) is 27.7 Å². The van der Waals surface area contributed by atoms with Crippen LogP contribution in [0.15, 0.2) is 4.52 Å². The van der Waals surface area contributed by atoms with Gasteiger partial charge < -0.3 is 14.2 Å². The molecule has 7 nitrogen and oxygen atoms in total. The van der Waals surface area contributed by atoms with Crippen molar-refractivity contribution in [2.24, 2.45) is 0 Å². The van der Waals surface area contributed by atoms with Crippen molar-refractivity contribution in [1.29, 1.82) is 0 Å². The number of aryl methyl sites for hydroxylation is 1. The van der Waals surface area contributed by atoms with E-state index in [9.17, 15) is 4.79 Å². The predicted molar refractivity (Wildman–Crippen MR) is 81.5 cm³/mol. The molecule has 2 rings (SSSR count). The van der Waals surface area contributed by atoms with Gasteiger partial charge in [0, 0.05) is 32.6 Å². The molecule has 0 aliphatic carbocycles. The standard InChI is InChI=1S/C15H26N4O3/c1-6-12-16-13(22-17-12)11(2)18-7-9-19(10-8-18)14(20)21-15(3,4)5/h11H,6-10H2,1-5H3. The Labute approximate surface area is 131 Å². The summed E-state index contributed by atoms with van der Waals surface area (Å²) in [6.07, 6.45) is 0.522. The van der Waals surface area contributed by atoms with Crippen LogP contribution in [0.2, 0.25) is 0 Å². The Kier molecular flexibility index (Phi) is 5.05. The normalized spacial score (nSPS) is 18.3. The van der Waals surface area contributed by atoms with E-state index in [1.54, 1.807) is 4.90 Å². The number of carbonyl (C=O) groups is 1. The summed E-state index contributed by atoms with van der Waals surface area (Å²) in [7, 11) is 0. The molecule has 1 aliphatic rings. The quantitative estimate of drug-likeness (QED) is 0.852. The van der Waals surface area contributed by atoms with E-state index in [0.29, 0.717) is 19.0 Å². The number of rotatable bonds is 3. The first-order chi connectivity index (χ1) is 10.3. The molecule has 1 amide bonds. The molecule has 1 aliphatic heterocycles. The maximum absolute atomic E-state index is 12.0. The molecule has 0 N–H and O–H groups in total. The third-order valence-electron chi connectivity index (χ3n) is 3.67. The van der Waals surface area contributed by atoms with Gasteiger partial charge in [-0.1, -0.05) is 12.1 Å². The third-order valence-corrected chi connectivity index (χ3v) is 3.67. The maximum Gasteiger partial charge on any atom is 0.410 e. The summed E-state index contributed by atoms with van der Waals surface area (Å²) in [4.78, 5) is 20.4. The lowest BCUT2D eigenvalue weighted by Crippen LogP contribution is -2.50. The Morgan fingerprint density at radius 1 is 1.32 bits per heavy atom. The van der Waals surface area contributed by atoms with Gasteiger partial charge in [0.25, 0.3) is 0 Å². The second kappa shape index (κ2) is 6.64. The number of carbonyl (C=O) groups excluding carboxylic acids is 1. The number of ether oxygens (including phenoxy) is 1. The predicted octanol–water partition coefficient (Wildman–Crippen LogP) is 2.25. The number of piperazine rings is 1. The lowest BCUT2D eigenvalue weighted by molar-refractivity contribution is 0.00957. The van der Waals surface area contributed by atoms with Crippen LogP contribution in [0.3, 0.4) is 0 Å². The highest BCUT2D eigenvalue weighted by Crippen LogP contribution is 2.21. The number of nitrogens with zero attached hydrogens (tertiary/aromatic N) is 4. The summed E-state index contributed by atoms with van der Waals surface area (Å²) < 4.78 is 10.7. The monoisotopic (exact) mass is 310 g/mol. The molecule has 0 saturated carbocycles. The molecule has 2 heterocycles. The van der Waals surface area contributed by atoms with Crippen molar-refractivity contribution in [2.75, 3.05) is 26.2 Å². The highest BCUT2D eigenvalue weighted by molar-refractivity contribution is 5.68. The van der Waals surface area contributed by atoms with E-state index in [0.717, 1.165) is 25.3 Å². The van der Waals surface area contributed by atoms with Gasteiger partial charge in [-0.3, -0.25) is 4.90 Å². The van der Waals surface area contributed by atoms with Crippen LogP contribution < -0.4 is 0 Å². The average molecular weight is 310 g/mol. The van der Waals surface area contributed by atoms with E-state index in [4.69, 9.17) is 9.26 Å². The lowest BCUT2D eigenvalue weighted by Gasteiger charge is -2.37. The van der Waals surface area contributed by atoms with Gasteiger partial charge in [0.2, 0.25) is 5.89 Å². The molecule has 7 heteroatoms. The maximum atomic E-state index is 12.0. The topological polar surface area (TPSA) is 71.7 Å². The summed E-state index contributed by atoms with van der Waals surface area (Å²) in [5.74, 6) is 1.37. The average Bonchev–Trinajstić information content (AvgIpc) is 2.94. The van der Waals surface area contributed by atoms with Crippen molar-refractivity contribution in [3.8, 4) is 0 Å². The van der Waals surface area contributed by atoms with Crippen LogP contribution in [0.1, 0.15) is 52.4 Å². The fourth-order valence-corrected chi connectivity index (χ4v) is 2.36. The first-order valence-electron chi connectivity index (χ1n) is 7.84. The van der Waals surface area contributed by atoms with Crippen LogP contribution in [0.5, 0.6) is 0 Å². The molecule has 0 aromatic carbocycles. The Bertz CT molecular complexity index is 501. The zero-order chi connectivity index (χ0) is 16.3. The van der Waals surface area contributed by atoms with Crippen molar-refractivity contribution in [2.45, 2.75) is 52.7 Å². The van der Waals surface area contributed by atoms with Crippen LogP contribution >= 0.6 is 0 Å². The third kappa shape index (κ3) is 4.19. The summed E-state index contributed by atoms with van der Waals surface area (Å²) >= 11 is 0. The highest BCUT2D eigenvalue weighted by atomic mass is 16.6. The van der Waals surface area contributed by atoms with Crippen LogP contribution in [0.25, 0.3) is 0 Å². The van der Waals surface area contributed by atoms with Crippen molar-refractivity contribution >= 4 is 6.09 Å². The number of aromatic nitrogens is 2. The van der Waals surface area contributed by atoms with Gasteiger partial charge in [0.15, 0.2) is 5.82 Å². The summed E-state index contributed by atoms with van der Waals surface area (Å²) in [5, 5.41) is 3.94. The van der Waals surface area contributed by atoms with Crippen molar-refractivity contribution < 1.29 is 14.1 Å². The molecular weight excluding hydrogens is 284 g/mol. The minimum absolute atomic E-state index is 0.0635. The van der Waals surface area contributed by atoms with Gasteiger partial charge in [0.1, 0.15) is 5.60 Å². The van der Waals surface area contributed by atoms with E-state index in [-0.39, 0.29) is 12.1 Å². The molecule has 1 fully saturated rings. The fourth-order valence-electron chi connectivity index (χ4n) is 2.36. The molecule has 1 atom stereocenters. The van der Waals surface area contributed by atoms with Crippen LogP contribution in [-0.2, 0) is 11.2 Å². The molecular formula is C15H26N4O3. The van der Waals surface area contributed by atoms with Crippen molar-refractivity contribution in [3.63, 3.8) is 0 Å². The number of hydrogen-bond donors (Lipinski definition) is 0. The molecule has 22 heavy (non-hydrogen) atoms. The highest BCUT2D eigenvalue weighted by Gasteiger charge is 2.29. The Hall–Kier alpha value is -1.63. The summed E-state index contributed by atoms with van der Waals surface area (Å²) in [6, 6.07) is 0.0635. The Morgan fingerprint density at radius 3 is 2.45 bits per heavy atom. The molecule has 1 saturated heterocycles.